The van der Waals surface area contributed by atoms with Crippen LogP contribution in [0.25, 0.3) is 0 Å². The van der Waals surface area contributed by atoms with E-state index < -0.39 is 0 Å². The van der Waals surface area contributed by atoms with Crippen LogP contribution in [0, 0.1) is 5.92 Å². The van der Waals surface area contributed by atoms with Gasteiger partial charge in [0, 0.05) is 25.3 Å². The fourth-order valence-corrected chi connectivity index (χ4v) is 2.46. The van der Waals surface area contributed by atoms with Crippen LogP contribution in [0.4, 0.5) is 0 Å². The smallest absolute Gasteiger partial charge is 0.252 e. The van der Waals surface area contributed by atoms with Crippen LogP contribution in [-0.2, 0) is 0 Å². The molecule has 1 aliphatic rings. The number of carbonyl (C=O) groups excluding carboxylic acids is 1. The fraction of sp³-hybridized carbons (Fsp3) is 0.571. The second-order valence-electron chi connectivity index (χ2n) is 5.32. The zero-order valence-corrected chi connectivity index (χ0v) is 12.2. The molecule has 104 valence electrons. The summed E-state index contributed by atoms with van der Waals surface area (Å²) in [6.07, 6.45) is 2.66. The molecule has 1 N–H and O–H groups in total. The molecule has 1 aliphatic heterocycles. The average Bonchev–Trinajstić information content (AvgIpc) is 2.86. The van der Waals surface area contributed by atoms with Gasteiger partial charge >= 0.3 is 0 Å². The molecule has 4 nitrogen and oxygen atoms in total. The summed E-state index contributed by atoms with van der Waals surface area (Å²) >= 11 is 5.69. The maximum Gasteiger partial charge on any atom is 0.252 e. The molecular formula is C14H20ClN3O. The molecular weight excluding hydrogens is 262 g/mol. The largest absolute Gasteiger partial charge is 0.352 e. The van der Waals surface area contributed by atoms with Gasteiger partial charge in [0.1, 0.15) is 5.15 Å². The van der Waals surface area contributed by atoms with Gasteiger partial charge in [-0.15, -0.1) is 0 Å². The van der Waals surface area contributed by atoms with E-state index in [9.17, 15) is 4.79 Å². The molecule has 0 saturated carbocycles. The summed E-state index contributed by atoms with van der Waals surface area (Å²) in [6, 6.07) is 3.91. The number of carbonyl (C=O) groups is 1. The van der Waals surface area contributed by atoms with E-state index >= 15 is 0 Å². The average molecular weight is 282 g/mol. The molecule has 2 rings (SSSR count). The van der Waals surface area contributed by atoms with Crippen molar-refractivity contribution >= 4 is 17.5 Å². The number of likely N-dealkylation sites (tertiary alicyclic amines) is 1. The van der Waals surface area contributed by atoms with E-state index in [0.717, 1.165) is 26.1 Å². The summed E-state index contributed by atoms with van der Waals surface area (Å²) in [6.45, 7) is 7.34. The molecule has 1 aromatic rings. The fourth-order valence-electron chi connectivity index (χ4n) is 2.35. The van der Waals surface area contributed by atoms with Gasteiger partial charge in [0.05, 0.1) is 5.56 Å². The summed E-state index contributed by atoms with van der Waals surface area (Å²) in [5.74, 6) is 0.471. The van der Waals surface area contributed by atoms with Crippen molar-refractivity contribution < 1.29 is 4.79 Å². The Morgan fingerprint density at radius 2 is 2.37 bits per heavy atom. The van der Waals surface area contributed by atoms with E-state index in [1.165, 1.54) is 6.20 Å². The Morgan fingerprint density at radius 3 is 2.95 bits per heavy atom. The molecule has 1 aromatic heterocycles. The number of hydrogen-bond donors (Lipinski definition) is 1. The van der Waals surface area contributed by atoms with Crippen LogP contribution in [0.5, 0.6) is 0 Å². The van der Waals surface area contributed by atoms with Gasteiger partial charge < -0.3 is 10.2 Å². The highest BCUT2D eigenvalue weighted by Gasteiger charge is 2.24. The van der Waals surface area contributed by atoms with Gasteiger partial charge in [-0.2, -0.15) is 0 Å². The first-order valence-corrected chi connectivity index (χ1v) is 7.08. The van der Waals surface area contributed by atoms with E-state index in [2.05, 4.69) is 29.0 Å². The van der Waals surface area contributed by atoms with Crippen LogP contribution in [0.2, 0.25) is 5.15 Å². The van der Waals surface area contributed by atoms with E-state index in [1.54, 1.807) is 12.1 Å². The van der Waals surface area contributed by atoms with Crippen LogP contribution in [0.1, 0.15) is 30.6 Å². The van der Waals surface area contributed by atoms with Gasteiger partial charge in [0.25, 0.3) is 5.91 Å². The Balaban J connectivity index is 1.80. The van der Waals surface area contributed by atoms with Crippen LogP contribution in [-0.4, -0.2) is 41.5 Å². The molecule has 0 aliphatic carbocycles. The molecule has 0 radical (unpaired) electrons. The van der Waals surface area contributed by atoms with Crippen molar-refractivity contribution in [3.8, 4) is 0 Å². The molecule has 2 heterocycles. The first kappa shape index (κ1) is 14.3. The molecule has 5 heteroatoms. The van der Waals surface area contributed by atoms with Crippen LogP contribution in [0.3, 0.4) is 0 Å². The first-order valence-electron chi connectivity index (χ1n) is 6.70. The van der Waals surface area contributed by atoms with Crippen molar-refractivity contribution in [2.75, 3.05) is 19.6 Å². The lowest BCUT2D eigenvalue weighted by atomic mass is 10.1. The van der Waals surface area contributed by atoms with E-state index in [0.29, 0.717) is 22.7 Å². The van der Waals surface area contributed by atoms with Crippen LogP contribution >= 0.6 is 11.6 Å². The third-order valence-electron chi connectivity index (χ3n) is 3.59. The predicted molar refractivity (Wildman–Crippen MR) is 76.4 cm³/mol. The quantitative estimate of drug-likeness (QED) is 0.861. The Bertz CT molecular complexity index is 433. The SMILES string of the molecule is CC(C)N1CCC(CNC(=O)c2ccc(Cl)nc2)C1. The number of pyridine rings is 1. The summed E-state index contributed by atoms with van der Waals surface area (Å²) < 4.78 is 0. The molecule has 0 spiro atoms. The van der Waals surface area contributed by atoms with Gasteiger partial charge in [-0.3, -0.25) is 4.79 Å². The molecule has 1 amide bonds. The molecule has 0 bridgehead atoms. The lowest BCUT2D eigenvalue weighted by Gasteiger charge is -2.20. The predicted octanol–water partition coefficient (Wildman–Crippen LogP) is 2.20. The summed E-state index contributed by atoms with van der Waals surface area (Å²) in [7, 11) is 0. The Morgan fingerprint density at radius 1 is 1.58 bits per heavy atom. The van der Waals surface area contributed by atoms with E-state index in [4.69, 9.17) is 11.6 Å². The number of amides is 1. The lowest BCUT2D eigenvalue weighted by Crippen LogP contribution is -2.33. The van der Waals surface area contributed by atoms with E-state index in [1.807, 2.05) is 0 Å². The Kier molecular flexibility index (Phi) is 4.77. The topological polar surface area (TPSA) is 45.2 Å². The molecule has 1 unspecified atom stereocenters. The Hall–Kier alpha value is -1.13. The van der Waals surface area contributed by atoms with Crippen molar-refractivity contribution in [1.29, 1.82) is 0 Å². The first-order chi connectivity index (χ1) is 9.06. The standard InChI is InChI=1S/C14H20ClN3O/c1-10(2)18-6-5-11(9-18)7-17-14(19)12-3-4-13(15)16-8-12/h3-4,8,10-11H,5-7,9H2,1-2H3,(H,17,19). The van der Waals surface area contributed by atoms with Crippen LogP contribution in [0.15, 0.2) is 18.3 Å². The highest BCUT2D eigenvalue weighted by molar-refractivity contribution is 6.29. The lowest BCUT2D eigenvalue weighted by molar-refractivity contribution is 0.0947. The van der Waals surface area contributed by atoms with Crippen molar-refractivity contribution in [2.45, 2.75) is 26.3 Å². The maximum absolute atomic E-state index is 11.9. The minimum absolute atomic E-state index is 0.0767. The summed E-state index contributed by atoms with van der Waals surface area (Å²) in [5.41, 5.74) is 0.558. The number of hydrogen-bond acceptors (Lipinski definition) is 3. The maximum atomic E-state index is 11.9. The van der Waals surface area contributed by atoms with Gasteiger partial charge in [0.15, 0.2) is 0 Å². The van der Waals surface area contributed by atoms with E-state index in [-0.39, 0.29) is 5.91 Å². The minimum atomic E-state index is -0.0767. The number of halogens is 1. The Labute approximate surface area is 119 Å². The van der Waals surface area contributed by atoms with Crippen LogP contribution < -0.4 is 5.32 Å². The second-order valence-corrected chi connectivity index (χ2v) is 5.71. The highest BCUT2D eigenvalue weighted by Crippen LogP contribution is 2.17. The number of rotatable bonds is 4. The van der Waals surface area contributed by atoms with Gasteiger partial charge in [-0.1, -0.05) is 11.6 Å². The number of nitrogens with zero attached hydrogens (tertiary/aromatic N) is 2. The molecule has 19 heavy (non-hydrogen) atoms. The minimum Gasteiger partial charge on any atom is -0.352 e. The summed E-state index contributed by atoms with van der Waals surface area (Å²) in [4.78, 5) is 18.3. The number of aromatic nitrogens is 1. The van der Waals surface area contributed by atoms with Gasteiger partial charge in [0.2, 0.25) is 0 Å². The molecule has 1 fully saturated rings. The zero-order valence-electron chi connectivity index (χ0n) is 11.4. The third-order valence-corrected chi connectivity index (χ3v) is 3.81. The summed E-state index contributed by atoms with van der Waals surface area (Å²) in [5, 5.41) is 3.37. The molecule has 1 saturated heterocycles. The van der Waals surface area contributed by atoms with Crippen molar-refractivity contribution in [3.63, 3.8) is 0 Å². The second kappa shape index (κ2) is 6.35. The molecule has 0 aromatic carbocycles. The zero-order chi connectivity index (χ0) is 13.8. The normalized spacial score (nSPS) is 19.9. The van der Waals surface area contributed by atoms with Crippen molar-refractivity contribution in [2.24, 2.45) is 5.92 Å². The highest BCUT2D eigenvalue weighted by atomic mass is 35.5. The monoisotopic (exact) mass is 281 g/mol. The van der Waals surface area contributed by atoms with Gasteiger partial charge in [-0.25, -0.2) is 4.98 Å². The number of nitrogens with one attached hydrogen (secondary N) is 1. The van der Waals surface area contributed by atoms with Gasteiger partial charge in [-0.05, 0) is 44.9 Å². The van der Waals surface area contributed by atoms with Crippen molar-refractivity contribution in [3.05, 3.63) is 29.0 Å². The molecule has 1 atom stereocenters. The van der Waals surface area contributed by atoms with Crippen molar-refractivity contribution in [1.82, 2.24) is 15.2 Å². The third kappa shape index (κ3) is 3.91.